The predicted octanol–water partition coefficient (Wildman–Crippen LogP) is 3.81. The van der Waals surface area contributed by atoms with Crippen LogP contribution in [0.2, 0.25) is 5.02 Å². The van der Waals surface area contributed by atoms with Crippen LogP contribution in [0.3, 0.4) is 0 Å². The highest BCUT2D eigenvalue weighted by Crippen LogP contribution is 2.32. The van der Waals surface area contributed by atoms with E-state index in [1.165, 1.54) is 28.5 Å². The standard InChI is InChI=1S/C12H12ClNS/c13-11-3-1-2-10-8(7-15-12(10)11)6-14-9-4-5-9/h1-3,7,9,14H,4-6H2. The summed E-state index contributed by atoms with van der Waals surface area (Å²) in [6.07, 6.45) is 2.67. The van der Waals surface area contributed by atoms with Gasteiger partial charge in [-0.2, -0.15) is 0 Å². The highest BCUT2D eigenvalue weighted by atomic mass is 35.5. The maximum atomic E-state index is 6.14. The van der Waals surface area contributed by atoms with Gasteiger partial charge in [0.25, 0.3) is 0 Å². The summed E-state index contributed by atoms with van der Waals surface area (Å²) >= 11 is 7.88. The zero-order valence-electron chi connectivity index (χ0n) is 8.29. The molecule has 3 heteroatoms. The van der Waals surface area contributed by atoms with Crippen molar-refractivity contribution >= 4 is 33.0 Å². The molecule has 0 atom stereocenters. The van der Waals surface area contributed by atoms with Crippen molar-refractivity contribution in [3.63, 3.8) is 0 Å². The molecule has 3 rings (SSSR count). The Labute approximate surface area is 98.1 Å². The molecule has 0 bridgehead atoms. The Bertz CT molecular complexity index is 487. The number of thiophene rings is 1. The summed E-state index contributed by atoms with van der Waals surface area (Å²) < 4.78 is 1.21. The molecular formula is C12H12ClNS. The third kappa shape index (κ3) is 1.89. The molecule has 1 saturated carbocycles. The van der Waals surface area contributed by atoms with Crippen LogP contribution < -0.4 is 5.32 Å². The van der Waals surface area contributed by atoms with Crippen LogP contribution >= 0.6 is 22.9 Å². The fraction of sp³-hybridized carbons (Fsp3) is 0.333. The zero-order valence-corrected chi connectivity index (χ0v) is 9.87. The average molecular weight is 238 g/mol. The largest absolute Gasteiger partial charge is 0.310 e. The molecule has 0 radical (unpaired) electrons. The van der Waals surface area contributed by atoms with Crippen LogP contribution in [0.25, 0.3) is 10.1 Å². The Balaban J connectivity index is 1.92. The average Bonchev–Trinajstić information content (AvgIpc) is 2.97. The number of halogens is 1. The summed E-state index contributed by atoms with van der Waals surface area (Å²) in [7, 11) is 0. The second-order valence-corrected chi connectivity index (χ2v) is 5.32. The van der Waals surface area contributed by atoms with Gasteiger partial charge in [-0.15, -0.1) is 11.3 Å². The molecule has 0 saturated heterocycles. The molecule has 0 unspecified atom stereocenters. The van der Waals surface area contributed by atoms with Gasteiger partial charge in [-0.1, -0.05) is 23.7 Å². The van der Waals surface area contributed by atoms with Crippen LogP contribution in [-0.2, 0) is 6.54 Å². The van der Waals surface area contributed by atoms with Crippen LogP contribution in [0.4, 0.5) is 0 Å². The number of hydrogen-bond acceptors (Lipinski definition) is 2. The molecule has 1 heterocycles. The summed E-state index contributed by atoms with van der Waals surface area (Å²) in [6, 6.07) is 6.90. The summed E-state index contributed by atoms with van der Waals surface area (Å²) in [4.78, 5) is 0. The second-order valence-electron chi connectivity index (χ2n) is 4.03. The van der Waals surface area contributed by atoms with Gasteiger partial charge in [0.05, 0.1) is 9.72 Å². The van der Waals surface area contributed by atoms with Gasteiger partial charge in [0.15, 0.2) is 0 Å². The molecule has 15 heavy (non-hydrogen) atoms. The summed E-state index contributed by atoms with van der Waals surface area (Å²) in [5.41, 5.74) is 1.38. The van der Waals surface area contributed by atoms with Crippen molar-refractivity contribution in [1.29, 1.82) is 0 Å². The number of rotatable bonds is 3. The van der Waals surface area contributed by atoms with Crippen molar-refractivity contribution < 1.29 is 0 Å². The molecule has 1 fully saturated rings. The smallest absolute Gasteiger partial charge is 0.0584 e. The second kappa shape index (κ2) is 3.78. The number of nitrogens with one attached hydrogen (secondary N) is 1. The normalized spacial score (nSPS) is 16.1. The minimum Gasteiger partial charge on any atom is -0.310 e. The Kier molecular flexibility index (Phi) is 2.43. The van der Waals surface area contributed by atoms with Gasteiger partial charge in [0.1, 0.15) is 0 Å². The molecule has 2 aromatic rings. The third-order valence-electron chi connectivity index (χ3n) is 2.79. The lowest BCUT2D eigenvalue weighted by Gasteiger charge is -2.01. The molecule has 0 aliphatic heterocycles. The Morgan fingerprint density at radius 1 is 1.40 bits per heavy atom. The van der Waals surface area contributed by atoms with Gasteiger partial charge in [-0.25, -0.2) is 0 Å². The molecule has 1 aliphatic carbocycles. The Morgan fingerprint density at radius 2 is 2.27 bits per heavy atom. The first-order valence-electron chi connectivity index (χ1n) is 5.22. The van der Waals surface area contributed by atoms with Gasteiger partial charge in [-0.3, -0.25) is 0 Å². The lowest BCUT2D eigenvalue weighted by atomic mass is 10.2. The third-order valence-corrected chi connectivity index (χ3v) is 4.30. The molecule has 1 aromatic heterocycles. The molecule has 1 aliphatic rings. The van der Waals surface area contributed by atoms with Gasteiger partial charge < -0.3 is 5.32 Å². The number of fused-ring (bicyclic) bond motifs is 1. The molecular weight excluding hydrogens is 226 g/mol. The monoisotopic (exact) mass is 237 g/mol. The maximum Gasteiger partial charge on any atom is 0.0584 e. The maximum absolute atomic E-state index is 6.14. The molecule has 0 amide bonds. The van der Waals surface area contributed by atoms with Crippen molar-refractivity contribution in [2.24, 2.45) is 0 Å². The predicted molar refractivity (Wildman–Crippen MR) is 66.7 cm³/mol. The van der Waals surface area contributed by atoms with Gasteiger partial charge in [0, 0.05) is 12.6 Å². The van der Waals surface area contributed by atoms with E-state index in [0.717, 1.165) is 17.6 Å². The van der Waals surface area contributed by atoms with Gasteiger partial charge >= 0.3 is 0 Å². The van der Waals surface area contributed by atoms with Crippen molar-refractivity contribution in [2.45, 2.75) is 25.4 Å². The van der Waals surface area contributed by atoms with E-state index in [9.17, 15) is 0 Å². The van der Waals surface area contributed by atoms with E-state index in [-0.39, 0.29) is 0 Å². The van der Waals surface area contributed by atoms with E-state index in [1.54, 1.807) is 11.3 Å². The summed E-state index contributed by atoms with van der Waals surface area (Å²) in [6.45, 7) is 0.977. The van der Waals surface area contributed by atoms with Crippen molar-refractivity contribution in [1.82, 2.24) is 5.32 Å². The van der Waals surface area contributed by atoms with Crippen LogP contribution in [0, 0.1) is 0 Å². The first-order chi connectivity index (χ1) is 7.34. The fourth-order valence-corrected chi connectivity index (χ4v) is 3.04. The molecule has 1 N–H and O–H groups in total. The summed E-state index contributed by atoms with van der Waals surface area (Å²) in [5, 5.41) is 7.93. The van der Waals surface area contributed by atoms with E-state index in [4.69, 9.17) is 11.6 Å². The van der Waals surface area contributed by atoms with Crippen molar-refractivity contribution in [3.8, 4) is 0 Å². The highest BCUT2D eigenvalue weighted by molar-refractivity contribution is 7.18. The van der Waals surface area contributed by atoms with Crippen LogP contribution in [-0.4, -0.2) is 6.04 Å². The van der Waals surface area contributed by atoms with E-state index < -0.39 is 0 Å². The van der Waals surface area contributed by atoms with E-state index >= 15 is 0 Å². The molecule has 1 nitrogen and oxygen atoms in total. The molecule has 0 spiro atoms. The first-order valence-corrected chi connectivity index (χ1v) is 6.48. The Hall–Kier alpha value is -0.570. The van der Waals surface area contributed by atoms with Crippen molar-refractivity contribution in [3.05, 3.63) is 34.2 Å². The Morgan fingerprint density at radius 3 is 3.07 bits per heavy atom. The molecule has 78 valence electrons. The van der Waals surface area contributed by atoms with E-state index in [1.807, 2.05) is 12.1 Å². The van der Waals surface area contributed by atoms with E-state index in [2.05, 4.69) is 16.8 Å². The quantitative estimate of drug-likeness (QED) is 0.856. The summed E-state index contributed by atoms with van der Waals surface area (Å²) in [5.74, 6) is 0. The minimum absolute atomic E-state index is 0.763. The van der Waals surface area contributed by atoms with Crippen molar-refractivity contribution in [2.75, 3.05) is 0 Å². The van der Waals surface area contributed by atoms with Crippen LogP contribution in [0.5, 0.6) is 0 Å². The lowest BCUT2D eigenvalue weighted by Crippen LogP contribution is -2.14. The molecule has 1 aromatic carbocycles. The number of hydrogen-bond donors (Lipinski definition) is 1. The van der Waals surface area contributed by atoms with E-state index in [0.29, 0.717) is 0 Å². The van der Waals surface area contributed by atoms with Gasteiger partial charge in [0.2, 0.25) is 0 Å². The first kappa shape index (κ1) is 9.64. The van der Waals surface area contributed by atoms with Gasteiger partial charge in [-0.05, 0) is 35.2 Å². The van der Waals surface area contributed by atoms with Crippen LogP contribution in [0.1, 0.15) is 18.4 Å². The fourth-order valence-electron chi connectivity index (χ4n) is 1.75. The van der Waals surface area contributed by atoms with Crippen LogP contribution in [0.15, 0.2) is 23.6 Å². The minimum atomic E-state index is 0.763. The zero-order chi connectivity index (χ0) is 10.3. The topological polar surface area (TPSA) is 12.0 Å². The highest BCUT2D eigenvalue weighted by Gasteiger charge is 2.20. The SMILES string of the molecule is Clc1cccc2c(CNC3CC3)csc12. The lowest BCUT2D eigenvalue weighted by molar-refractivity contribution is 0.692. The number of benzene rings is 1.